The van der Waals surface area contributed by atoms with Crippen LogP contribution in [0.3, 0.4) is 0 Å². The van der Waals surface area contributed by atoms with Crippen molar-refractivity contribution in [1.82, 2.24) is 25.5 Å². The predicted molar refractivity (Wildman–Crippen MR) is 65.2 cm³/mol. The number of tetrazole rings is 1. The van der Waals surface area contributed by atoms with Gasteiger partial charge >= 0.3 is 0 Å². The highest BCUT2D eigenvalue weighted by molar-refractivity contribution is 7.10. The molecular weight excluding hydrogens is 238 g/mol. The van der Waals surface area contributed by atoms with Gasteiger partial charge in [0.2, 0.25) is 0 Å². The largest absolute Gasteiger partial charge is 0.496 e. The van der Waals surface area contributed by atoms with Crippen LogP contribution in [-0.2, 0) is 13.5 Å². The van der Waals surface area contributed by atoms with Crippen LogP contribution in [0.25, 0.3) is 0 Å². The predicted octanol–water partition coefficient (Wildman–Crippen LogP) is 0.783. The Bertz CT molecular complexity index is 481. The number of methoxy groups -OCH3 is 1. The first-order chi connectivity index (χ1) is 8.22. The van der Waals surface area contributed by atoms with E-state index < -0.39 is 0 Å². The van der Waals surface area contributed by atoms with Gasteiger partial charge in [-0.15, -0.1) is 21.5 Å². The molecule has 2 aromatic heterocycles. The number of rotatable bonds is 5. The fourth-order valence-electron chi connectivity index (χ4n) is 1.56. The topological polar surface area (TPSA) is 64.9 Å². The van der Waals surface area contributed by atoms with Crippen LogP contribution in [-0.4, -0.2) is 34.4 Å². The van der Waals surface area contributed by atoms with E-state index in [1.165, 1.54) is 9.67 Å². The maximum atomic E-state index is 5.18. The average Bonchev–Trinajstić information content (AvgIpc) is 2.94. The Hall–Kier alpha value is -1.47. The average molecular weight is 253 g/mol. The maximum absolute atomic E-state index is 5.18. The van der Waals surface area contributed by atoms with Gasteiger partial charge in [-0.2, -0.15) is 4.80 Å². The van der Waals surface area contributed by atoms with Crippen LogP contribution in [0.1, 0.15) is 16.7 Å². The molecule has 0 spiro atoms. The molecule has 2 rings (SSSR count). The summed E-state index contributed by atoms with van der Waals surface area (Å²) in [6, 6.07) is 2.22. The van der Waals surface area contributed by atoms with Crippen LogP contribution >= 0.6 is 11.3 Å². The Balaban J connectivity index is 2.10. The zero-order valence-electron chi connectivity index (χ0n) is 10.0. The van der Waals surface area contributed by atoms with Gasteiger partial charge in [0.25, 0.3) is 0 Å². The quantitative estimate of drug-likeness (QED) is 0.853. The molecule has 0 aliphatic rings. The number of hydrogen-bond donors (Lipinski definition) is 1. The first kappa shape index (κ1) is 12.0. The van der Waals surface area contributed by atoms with E-state index >= 15 is 0 Å². The molecule has 0 aromatic carbocycles. The summed E-state index contributed by atoms with van der Waals surface area (Å²) in [5, 5.41) is 17.2. The molecule has 0 radical (unpaired) electrons. The standard InChI is InChI=1S/C10H15N5OS/c1-11-8(5-10-12-14-15(2)13-10)9-4-7(16-3)6-17-9/h4,6,8,11H,5H2,1-3H3. The fraction of sp³-hybridized carbons (Fsp3) is 0.500. The third kappa shape index (κ3) is 2.80. The Morgan fingerprint density at radius 2 is 2.41 bits per heavy atom. The SMILES string of the molecule is CNC(Cc1nnn(C)n1)c1cc(OC)cs1. The van der Waals surface area contributed by atoms with E-state index in [-0.39, 0.29) is 6.04 Å². The number of thiophene rings is 1. The third-order valence-corrected chi connectivity index (χ3v) is 3.48. The Labute approximate surface area is 104 Å². The summed E-state index contributed by atoms with van der Waals surface area (Å²) >= 11 is 1.66. The minimum atomic E-state index is 0.188. The molecule has 0 bridgehead atoms. The highest BCUT2D eigenvalue weighted by Crippen LogP contribution is 2.28. The molecule has 92 valence electrons. The molecule has 7 heteroatoms. The van der Waals surface area contributed by atoms with Crippen LogP contribution in [0.2, 0.25) is 0 Å². The summed E-state index contributed by atoms with van der Waals surface area (Å²) in [6.45, 7) is 0. The van der Waals surface area contributed by atoms with Gasteiger partial charge in [-0.05, 0) is 18.3 Å². The summed E-state index contributed by atoms with van der Waals surface area (Å²) in [5.74, 6) is 1.62. The Morgan fingerprint density at radius 3 is 2.94 bits per heavy atom. The molecule has 17 heavy (non-hydrogen) atoms. The fourth-order valence-corrected chi connectivity index (χ4v) is 2.52. The number of aromatic nitrogens is 4. The van der Waals surface area contributed by atoms with E-state index in [1.54, 1.807) is 25.5 Å². The van der Waals surface area contributed by atoms with Crippen molar-refractivity contribution in [2.75, 3.05) is 14.2 Å². The minimum Gasteiger partial charge on any atom is -0.496 e. The summed E-state index contributed by atoms with van der Waals surface area (Å²) in [6.07, 6.45) is 0.716. The van der Waals surface area contributed by atoms with Crippen molar-refractivity contribution < 1.29 is 4.74 Å². The molecule has 2 aromatic rings. The van der Waals surface area contributed by atoms with Gasteiger partial charge in [0, 0.05) is 22.7 Å². The third-order valence-electron chi connectivity index (χ3n) is 2.46. The van der Waals surface area contributed by atoms with Crippen LogP contribution in [0.5, 0.6) is 5.75 Å². The highest BCUT2D eigenvalue weighted by atomic mass is 32.1. The monoisotopic (exact) mass is 253 g/mol. The summed E-state index contributed by atoms with van der Waals surface area (Å²) < 4.78 is 5.18. The molecule has 0 saturated carbocycles. The number of likely N-dealkylation sites (N-methyl/N-ethyl adjacent to an activating group) is 1. The van der Waals surface area contributed by atoms with E-state index in [0.717, 1.165) is 11.6 Å². The first-order valence-electron chi connectivity index (χ1n) is 5.25. The van der Waals surface area contributed by atoms with Crippen molar-refractivity contribution in [3.8, 4) is 5.75 Å². The molecular formula is C10H15N5OS. The van der Waals surface area contributed by atoms with E-state index in [4.69, 9.17) is 4.74 Å². The van der Waals surface area contributed by atoms with Gasteiger partial charge in [0.05, 0.1) is 14.2 Å². The van der Waals surface area contributed by atoms with Crippen molar-refractivity contribution in [3.63, 3.8) is 0 Å². The molecule has 1 unspecified atom stereocenters. The number of nitrogens with one attached hydrogen (secondary N) is 1. The van der Waals surface area contributed by atoms with E-state index in [1.807, 2.05) is 18.5 Å². The van der Waals surface area contributed by atoms with E-state index in [2.05, 4.69) is 20.7 Å². The number of nitrogens with zero attached hydrogens (tertiary/aromatic N) is 4. The van der Waals surface area contributed by atoms with Crippen molar-refractivity contribution in [1.29, 1.82) is 0 Å². The van der Waals surface area contributed by atoms with Gasteiger partial charge in [-0.25, -0.2) is 0 Å². The maximum Gasteiger partial charge on any atom is 0.176 e. The van der Waals surface area contributed by atoms with E-state index in [9.17, 15) is 0 Å². The molecule has 0 saturated heterocycles. The van der Waals surface area contributed by atoms with Crippen molar-refractivity contribution in [3.05, 3.63) is 22.1 Å². The molecule has 0 aliphatic carbocycles. The number of ether oxygens (including phenoxy) is 1. The summed E-state index contributed by atoms with van der Waals surface area (Å²) in [4.78, 5) is 2.67. The lowest BCUT2D eigenvalue weighted by Crippen LogP contribution is -2.18. The minimum absolute atomic E-state index is 0.188. The second-order valence-electron chi connectivity index (χ2n) is 3.63. The van der Waals surface area contributed by atoms with Crippen LogP contribution in [0.4, 0.5) is 0 Å². The molecule has 6 nitrogen and oxygen atoms in total. The first-order valence-corrected chi connectivity index (χ1v) is 6.13. The molecule has 0 aliphatic heterocycles. The Kier molecular flexibility index (Phi) is 3.70. The van der Waals surface area contributed by atoms with Gasteiger partial charge in [0.1, 0.15) is 5.75 Å². The van der Waals surface area contributed by atoms with Gasteiger partial charge in [0.15, 0.2) is 5.82 Å². The summed E-state index contributed by atoms with van der Waals surface area (Å²) in [7, 11) is 5.36. The van der Waals surface area contributed by atoms with E-state index in [0.29, 0.717) is 6.42 Å². The molecule has 2 heterocycles. The molecule has 1 atom stereocenters. The lowest BCUT2D eigenvalue weighted by Gasteiger charge is -2.11. The number of hydrogen-bond acceptors (Lipinski definition) is 6. The molecule has 0 amide bonds. The van der Waals surface area contributed by atoms with Crippen LogP contribution < -0.4 is 10.1 Å². The van der Waals surface area contributed by atoms with Crippen molar-refractivity contribution >= 4 is 11.3 Å². The highest BCUT2D eigenvalue weighted by Gasteiger charge is 2.15. The zero-order valence-corrected chi connectivity index (χ0v) is 10.9. The van der Waals surface area contributed by atoms with Crippen molar-refractivity contribution in [2.24, 2.45) is 7.05 Å². The molecule has 0 fully saturated rings. The van der Waals surface area contributed by atoms with Gasteiger partial charge in [-0.1, -0.05) is 0 Å². The lowest BCUT2D eigenvalue weighted by molar-refractivity contribution is 0.416. The second kappa shape index (κ2) is 5.24. The number of aryl methyl sites for hydroxylation is 1. The van der Waals surface area contributed by atoms with Gasteiger partial charge in [-0.3, -0.25) is 0 Å². The molecule has 1 N–H and O–H groups in total. The normalized spacial score (nSPS) is 12.6. The van der Waals surface area contributed by atoms with Gasteiger partial charge < -0.3 is 10.1 Å². The van der Waals surface area contributed by atoms with Crippen LogP contribution in [0.15, 0.2) is 11.4 Å². The zero-order chi connectivity index (χ0) is 12.3. The van der Waals surface area contributed by atoms with Crippen molar-refractivity contribution in [2.45, 2.75) is 12.5 Å². The summed E-state index contributed by atoms with van der Waals surface area (Å²) in [5.41, 5.74) is 0. The second-order valence-corrected chi connectivity index (χ2v) is 4.57. The Morgan fingerprint density at radius 1 is 1.59 bits per heavy atom. The van der Waals surface area contributed by atoms with Crippen LogP contribution in [0, 0.1) is 0 Å². The lowest BCUT2D eigenvalue weighted by atomic mass is 10.1. The smallest absolute Gasteiger partial charge is 0.176 e.